The summed E-state index contributed by atoms with van der Waals surface area (Å²) in [5.41, 5.74) is 0. The third-order valence-electron chi connectivity index (χ3n) is 1.76. The SMILES string of the molecule is COCCCS(=O)(=O)NC(CC(=O)O)C(=O)O. The van der Waals surface area contributed by atoms with Gasteiger partial charge in [0.25, 0.3) is 0 Å². The van der Waals surface area contributed by atoms with Crippen molar-refractivity contribution in [2.45, 2.75) is 18.9 Å². The molecule has 0 aromatic heterocycles. The summed E-state index contributed by atoms with van der Waals surface area (Å²) in [6.45, 7) is 0.220. The van der Waals surface area contributed by atoms with E-state index in [2.05, 4.69) is 4.74 Å². The van der Waals surface area contributed by atoms with Crippen LogP contribution in [0, 0.1) is 0 Å². The maximum atomic E-state index is 11.4. The van der Waals surface area contributed by atoms with Crippen LogP contribution >= 0.6 is 0 Å². The van der Waals surface area contributed by atoms with Gasteiger partial charge in [0.05, 0.1) is 12.2 Å². The van der Waals surface area contributed by atoms with E-state index in [1.54, 1.807) is 0 Å². The minimum atomic E-state index is -3.82. The Labute approximate surface area is 98.6 Å². The molecule has 3 N–H and O–H groups in total. The van der Waals surface area contributed by atoms with Crippen molar-refractivity contribution >= 4 is 22.0 Å². The van der Waals surface area contributed by atoms with E-state index in [1.807, 2.05) is 4.72 Å². The zero-order valence-corrected chi connectivity index (χ0v) is 10.1. The minimum Gasteiger partial charge on any atom is -0.481 e. The highest BCUT2D eigenvalue weighted by atomic mass is 32.2. The van der Waals surface area contributed by atoms with Gasteiger partial charge in [0.15, 0.2) is 0 Å². The van der Waals surface area contributed by atoms with E-state index in [0.717, 1.165) is 0 Å². The molecule has 1 atom stereocenters. The fraction of sp³-hybridized carbons (Fsp3) is 0.750. The number of nitrogens with one attached hydrogen (secondary N) is 1. The number of aliphatic carboxylic acids is 2. The summed E-state index contributed by atoms with van der Waals surface area (Å²) < 4.78 is 29.2. The Morgan fingerprint density at radius 1 is 1.35 bits per heavy atom. The number of sulfonamides is 1. The van der Waals surface area contributed by atoms with Gasteiger partial charge < -0.3 is 14.9 Å². The first-order chi connectivity index (χ1) is 7.78. The number of ether oxygens (including phenoxy) is 1. The molecule has 0 bridgehead atoms. The molecule has 0 heterocycles. The fourth-order valence-electron chi connectivity index (χ4n) is 1.02. The van der Waals surface area contributed by atoms with E-state index in [9.17, 15) is 18.0 Å². The van der Waals surface area contributed by atoms with Crippen LogP contribution in [-0.4, -0.2) is 56.1 Å². The molecule has 0 aliphatic heterocycles. The lowest BCUT2D eigenvalue weighted by atomic mass is 10.2. The topological polar surface area (TPSA) is 130 Å². The average Bonchev–Trinajstić information content (AvgIpc) is 2.15. The molecule has 17 heavy (non-hydrogen) atoms. The standard InChI is InChI=1S/C8H15NO7S/c1-16-3-2-4-17(14,15)9-6(8(12)13)5-7(10)11/h6,9H,2-5H2,1H3,(H,10,11)(H,12,13). The summed E-state index contributed by atoms with van der Waals surface area (Å²) in [5, 5.41) is 17.1. The van der Waals surface area contributed by atoms with Crippen LogP contribution in [0.2, 0.25) is 0 Å². The summed E-state index contributed by atoms with van der Waals surface area (Å²) in [6, 6.07) is -1.65. The molecule has 100 valence electrons. The van der Waals surface area contributed by atoms with Crippen LogP contribution in [0.15, 0.2) is 0 Å². The fourth-order valence-corrected chi connectivity index (χ4v) is 2.26. The first-order valence-corrected chi connectivity index (χ1v) is 6.37. The normalized spacial score (nSPS) is 13.2. The van der Waals surface area contributed by atoms with Crippen molar-refractivity contribution in [3.63, 3.8) is 0 Å². The van der Waals surface area contributed by atoms with Gasteiger partial charge in [-0.25, -0.2) is 13.1 Å². The number of carbonyl (C=O) groups is 2. The molecule has 0 amide bonds. The lowest BCUT2D eigenvalue weighted by Crippen LogP contribution is -2.43. The average molecular weight is 269 g/mol. The molecule has 0 saturated heterocycles. The number of rotatable bonds is 9. The van der Waals surface area contributed by atoms with E-state index in [0.29, 0.717) is 0 Å². The highest BCUT2D eigenvalue weighted by molar-refractivity contribution is 7.89. The van der Waals surface area contributed by atoms with Gasteiger partial charge in [-0.1, -0.05) is 0 Å². The van der Waals surface area contributed by atoms with Crippen molar-refractivity contribution in [3.05, 3.63) is 0 Å². The number of hydrogen-bond acceptors (Lipinski definition) is 5. The lowest BCUT2D eigenvalue weighted by Gasteiger charge is -2.12. The highest BCUT2D eigenvalue weighted by Gasteiger charge is 2.26. The minimum absolute atomic E-state index is 0.200. The van der Waals surface area contributed by atoms with Crippen LogP contribution in [0.3, 0.4) is 0 Å². The zero-order chi connectivity index (χ0) is 13.5. The zero-order valence-electron chi connectivity index (χ0n) is 9.25. The number of methoxy groups -OCH3 is 1. The first-order valence-electron chi connectivity index (χ1n) is 4.72. The quantitative estimate of drug-likeness (QED) is 0.451. The molecule has 0 aromatic rings. The first kappa shape index (κ1) is 15.8. The van der Waals surface area contributed by atoms with Crippen LogP contribution in [-0.2, 0) is 24.3 Å². The molecule has 1 unspecified atom stereocenters. The summed E-state index contributed by atoms with van der Waals surface area (Å²) in [6.07, 6.45) is -0.607. The number of carboxylic acids is 2. The second-order valence-electron chi connectivity index (χ2n) is 3.27. The lowest BCUT2D eigenvalue weighted by molar-refractivity contribution is -0.145. The van der Waals surface area contributed by atoms with Gasteiger partial charge in [0, 0.05) is 13.7 Å². The van der Waals surface area contributed by atoms with Crippen LogP contribution in [0.25, 0.3) is 0 Å². The predicted octanol–water partition coefficient (Wildman–Crippen LogP) is -1.13. The molecule has 0 fully saturated rings. The molecule has 0 aromatic carbocycles. The predicted molar refractivity (Wildman–Crippen MR) is 57.1 cm³/mol. The summed E-state index contributed by atoms with van der Waals surface area (Å²) in [5.74, 6) is -3.23. The van der Waals surface area contributed by atoms with Gasteiger partial charge in [0.1, 0.15) is 6.04 Å². The van der Waals surface area contributed by atoms with Crippen molar-refractivity contribution in [1.29, 1.82) is 0 Å². The Hall–Kier alpha value is -1.19. The van der Waals surface area contributed by atoms with Crippen LogP contribution in [0.1, 0.15) is 12.8 Å². The molecule has 0 aliphatic rings. The Bertz CT molecular complexity index is 364. The molecule has 8 nitrogen and oxygen atoms in total. The Kier molecular flexibility index (Phi) is 6.69. The van der Waals surface area contributed by atoms with Gasteiger partial charge in [0.2, 0.25) is 10.0 Å². The van der Waals surface area contributed by atoms with E-state index >= 15 is 0 Å². The number of carboxylic acid groups (broad SMARTS) is 2. The van der Waals surface area contributed by atoms with Gasteiger partial charge in [-0.15, -0.1) is 0 Å². The summed E-state index contributed by atoms with van der Waals surface area (Å²) in [7, 11) is -2.41. The van der Waals surface area contributed by atoms with Crippen LogP contribution in [0.5, 0.6) is 0 Å². The summed E-state index contributed by atoms with van der Waals surface area (Å²) in [4.78, 5) is 21.0. The van der Waals surface area contributed by atoms with E-state index in [-0.39, 0.29) is 18.8 Å². The van der Waals surface area contributed by atoms with E-state index in [1.165, 1.54) is 7.11 Å². The third-order valence-corrected chi connectivity index (χ3v) is 3.23. The second-order valence-corrected chi connectivity index (χ2v) is 5.15. The monoisotopic (exact) mass is 269 g/mol. The molecule has 0 aliphatic carbocycles. The van der Waals surface area contributed by atoms with Crippen LogP contribution < -0.4 is 4.72 Å². The smallest absolute Gasteiger partial charge is 0.322 e. The molecular weight excluding hydrogens is 254 g/mol. The van der Waals surface area contributed by atoms with Gasteiger partial charge in [-0.05, 0) is 6.42 Å². The third kappa shape index (κ3) is 7.66. The molecular formula is C8H15NO7S. The van der Waals surface area contributed by atoms with E-state index < -0.39 is 34.4 Å². The van der Waals surface area contributed by atoms with Crippen molar-refractivity contribution in [2.24, 2.45) is 0 Å². The Morgan fingerprint density at radius 2 is 1.94 bits per heavy atom. The maximum Gasteiger partial charge on any atom is 0.322 e. The van der Waals surface area contributed by atoms with Gasteiger partial charge >= 0.3 is 11.9 Å². The molecule has 0 radical (unpaired) electrons. The van der Waals surface area contributed by atoms with Gasteiger partial charge in [-0.2, -0.15) is 0 Å². The van der Waals surface area contributed by atoms with E-state index in [4.69, 9.17) is 10.2 Å². The number of hydrogen-bond donors (Lipinski definition) is 3. The van der Waals surface area contributed by atoms with Crippen LogP contribution in [0.4, 0.5) is 0 Å². The van der Waals surface area contributed by atoms with Gasteiger partial charge in [-0.3, -0.25) is 9.59 Å². The van der Waals surface area contributed by atoms with Crippen molar-refractivity contribution in [3.8, 4) is 0 Å². The maximum absolute atomic E-state index is 11.4. The van der Waals surface area contributed by atoms with Crippen molar-refractivity contribution in [1.82, 2.24) is 4.72 Å². The Morgan fingerprint density at radius 3 is 2.35 bits per heavy atom. The highest BCUT2D eigenvalue weighted by Crippen LogP contribution is 1.98. The second kappa shape index (κ2) is 7.20. The summed E-state index contributed by atoms with van der Waals surface area (Å²) >= 11 is 0. The molecule has 0 spiro atoms. The van der Waals surface area contributed by atoms with Crippen molar-refractivity contribution in [2.75, 3.05) is 19.5 Å². The Balaban J connectivity index is 4.42. The molecule has 0 rings (SSSR count). The molecule has 9 heteroatoms. The van der Waals surface area contributed by atoms with Crippen molar-refractivity contribution < 1.29 is 33.0 Å². The molecule has 0 saturated carbocycles. The largest absolute Gasteiger partial charge is 0.481 e.